The van der Waals surface area contributed by atoms with Crippen LogP contribution in [0.1, 0.15) is 28.6 Å². The summed E-state index contributed by atoms with van der Waals surface area (Å²) in [6.45, 7) is 2.54. The van der Waals surface area contributed by atoms with Crippen LogP contribution in [-0.2, 0) is 17.8 Å². The minimum Gasteiger partial charge on any atom is -0.760 e. The largest absolute Gasteiger partial charge is 0.760 e. The quantitative estimate of drug-likeness (QED) is 0.462. The second kappa shape index (κ2) is 8.47. The fourth-order valence-electron chi connectivity index (χ4n) is 3.51. The van der Waals surface area contributed by atoms with Gasteiger partial charge in [0.1, 0.15) is 5.82 Å². The monoisotopic (exact) mass is 424 g/mol. The third-order valence-corrected chi connectivity index (χ3v) is 5.73. The number of aryl methyl sites for hydroxylation is 1. The molecule has 0 amide bonds. The normalized spacial score (nSPS) is 13.5. The van der Waals surface area contributed by atoms with Crippen LogP contribution in [0.4, 0.5) is 0 Å². The van der Waals surface area contributed by atoms with Crippen LogP contribution in [0, 0.1) is 6.92 Å². The van der Waals surface area contributed by atoms with Crippen LogP contribution in [0.25, 0.3) is 11.0 Å². The van der Waals surface area contributed by atoms with Crippen LogP contribution in [0.5, 0.6) is 0 Å². The topological polar surface area (TPSA) is 70.0 Å². The van der Waals surface area contributed by atoms with Gasteiger partial charge in [0.2, 0.25) is 0 Å². The molecule has 0 radical (unpaired) electrons. The molecule has 0 aliphatic heterocycles. The van der Waals surface area contributed by atoms with Crippen LogP contribution in [0.3, 0.4) is 0 Å². The van der Waals surface area contributed by atoms with E-state index in [9.17, 15) is 8.76 Å². The highest BCUT2D eigenvalue weighted by Gasteiger charge is 2.17. The molecule has 0 fully saturated rings. The highest BCUT2D eigenvalue weighted by Crippen LogP contribution is 2.27. The summed E-state index contributed by atoms with van der Waals surface area (Å²) in [6, 6.07) is 22.6. The van der Waals surface area contributed by atoms with Gasteiger partial charge >= 0.3 is 0 Å². The maximum atomic E-state index is 11.4. The highest BCUT2D eigenvalue weighted by atomic mass is 35.5. The van der Waals surface area contributed by atoms with Crippen molar-refractivity contribution < 1.29 is 8.76 Å². The van der Waals surface area contributed by atoms with Crippen LogP contribution in [0.2, 0.25) is 5.02 Å². The summed E-state index contributed by atoms with van der Waals surface area (Å²) in [5.41, 5.74) is 4.49. The van der Waals surface area contributed by atoms with E-state index < -0.39 is 17.3 Å². The summed E-state index contributed by atoms with van der Waals surface area (Å²) in [7, 11) is 0. The van der Waals surface area contributed by atoms with Gasteiger partial charge in [0, 0.05) is 16.3 Å². The highest BCUT2D eigenvalue weighted by molar-refractivity contribution is 7.77. The summed E-state index contributed by atoms with van der Waals surface area (Å²) in [6.07, 6.45) is 0. The lowest BCUT2D eigenvalue weighted by Crippen LogP contribution is -2.24. The Morgan fingerprint density at radius 1 is 1.07 bits per heavy atom. The second-order valence-electron chi connectivity index (χ2n) is 6.78. The molecule has 5 nitrogen and oxygen atoms in total. The van der Waals surface area contributed by atoms with Gasteiger partial charge in [-0.15, -0.1) is 0 Å². The van der Waals surface area contributed by atoms with Crippen molar-refractivity contribution in [3.05, 3.63) is 100 Å². The number of imidazole rings is 1. The summed E-state index contributed by atoms with van der Waals surface area (Å²) in [5.74, 6) is 0.869. The van der Waals surface area contributed by atoms with Crippen molar-refractivity contribution in [1.29, 1.82) is 0 Å². The zero-order valence-electron chi connectivity index (χ0n) is 15.7. The molecule has 3 aromatic carbocycles. The molecule has 29 heavy (non-hydrogen) atoms. The Kier molecular flexibility index (Phi) is 5.78. The summed E-state index contributed by atoms with van der Waals surface area (Å²) >= 11 is 3.95. The van der Waals surface area contributed by atoms with E-state index in [1.807, 2.05) is 79.7 Å². The molecule has 0 spiro atoms. The smallest absolute Gasteiger partial charge is 0.107 e. The van der Waals surface area contributed by atoms with E-state index in [0.717, 1.165) is 33.5 Å². The van der Waals surface area contributed by atoms with Crippen molar-refractivity contribution in [2.24, 2.45) is 0 Å². The first-order chi connectivity index (χ1) is 14.0. The lowest BCUT2D eigenvalue weighted by Gasteiger charge is -2.21. The van der Waals surface area contributed by atoms with E-state index in [2.05, 4.69) is 14.3 Å². The fraction of sp³-hybridized carbons (Fsp3) is 0.136. The number of halogens is 1. The predicted molar refractivity (Wildman–Crippen MR) is 115 cm³/mol. The molecule has 148 valence electrons. The third kappa shape index (κ3) is 4.26. The zero-order valence-corrected chi connectivity index (χ0v) is 17.3. The van der Waals surface area contributed by atoms with Gasteiger partial charge in [-0.25, -0.2) is 9.71 Å². The maximum Gasteiger partial charge on any atom is 0.107 e. The third-order valence-electron chi connectivity index (χ3n) is 4.93. The van der Waals surface area contributed by atoms with Crippen LogP contribution >= 0.6 is 11.6 Å². The number of rotatable bonds is 6. The molecule has 0 saturated carbocycles. The Balaban J connectivity index is 1.80. The van der Waals surface area contributed by atoms with Gasteiger partial charge in [0.15, 0.2) is 0 Å². The second-order valence-corrected chi connectivity index (χ2v) is 7.89. The number of hydrogen-bond acceptors (Lipinski definition) is 3. The summed E-state index contributed by atoms with van der Waals surface area (Å²) < 4.78 is 27.6. The van der Waals surface area contributed by atoms with Gasteiger partial charge < -0.3 is 9.12 Å². The molecule has 0 bridgehead atoms. The van der Waals surface area contributed by atoms with E-state index in [4.69, 9.17) is 11.6 Å². The van der Waals surface area contributed by atoms with Crippen molar-refractivity contribution in [1.82, 2.24) is 14.3 Å². The molecular weight excluding hydrogens is 406 g/mol. The molecule has 1 heterocycles. The summed E-state index contributed by atoms with van der Waals surface area (Å²) in [5, 5.41) is 0.704. The van der Waals surface area contributed by atoms with Gasteiger partial charge in [0.05, 0.1) is 23.6 Å². The molecule has 0 aliphatic rings. The van der Waals surface area contributed by atoms with Gasteiger partial charge in [-0.2, -0.15) is 0 Å². The van der Waals surface area contributed by atoms with E-state index in [-0.39, 0.29) is 0 Å². The van der Waals surface area contributed by atoms with Crippen molar-refractivity contribution in [3.8, 4) is 0 Å². The minimum atomic E-state index is -2.40. The Bertz CT molecular complexity index is 1180. The first-order valence-corrected chi connectivity index (χ1v) is 10.6. The van der Waals surface area contributed by atoms with Gasteiger partial charge in [-0.05, 0) is 41.8 Å². The van der Waals surface area contributed by atoms with Crippen LogP contribution in [0.15, 0.2) is 72.8 Å². The molecule has 0 aliphatic carbocycles. The molecule has 1 aromatic heterocycles. The zero-order chi connectivity index (χ0) is 20.4. The van der Waals surface area contributed by atoms with E-state index >= 15 is 0 Å². The Morgan fingerprint density at radius 2 is 1.79 bits per heavy atom. The maximum absolute atomic E-state index is 11.4. The van der Waals surface area contributed by atoms with E-state index in [1.165, 1.54) is 0 Å². The van der Waals surface area contributed by atoms with Crippen molar-refractivity contribution in [3.63, 3.8) is 0 Å². The Morgan fingerprint density at radius 3 is 2.52 bits per heavy atom. The molecule has 2 atom stereocenters. The van der Waals surface area contributed by atoms with Crippen LogP contribution in [-0.4, -0.2) is 18.3 Å². The summed E-state index contributed by atoms with van der Waals surface area (Å²) in [4.78, 5) is 4.65. The first-order valence-electron chi connectivity index (χ1n) is 9.13. The van der Waals surface area contributed by atoms with E-state index in [0.29, 0.717) is 11.6 Å². The van der Waals surface area contributed by atoms with E-state index in [1.54, 1.807) is 0 Å². The standard InChI is InChI=1S/C22H20ClN3O2S/c1-15-24-20-12-11-17(22(25-29(27)28)16-7-3-2-4-8-16)13-21(20)26(15)14-18-9-5-6-10-19(18)23/h2-13,22,25H,14H2,1H3,(H,27,28)/p-1. The van der Waals surface area contributed by atoms with Crippen LogP contribution < -0.4 is 4.72 Å². The minimum absolute atomic E-state index is 0.483. The SMILES string of the molecule is Cc1nc2ccc(C(NS(=O)[O-])c3ccccc3)cc2n1Cc1ccccc1Cl. The number of benzene rings is 3. The molecule has 4 rings (SSSR count). The molecule has 4 aromatic rings. The number of nitrogens with zero attached hydrogens (tertiary/aromatic N) is 2. The Labute approximate surface area is 176 Å². The molecule has 7 heteroatoms. The van der Waals surface area contributed by atoms with Gasteiger partial charge in [0.25, 0.3) is 0 Å². The number of nitrogens with one attached hydrogen (secondary N) is 1. The molecule has 2 unspecified atom stereocenters. The predicted octanol–water partition coefficient (Wildman–Crippen LogP) is 4.52. The molecule has 1 N–H and O–H groups in total. The molecule has 0 saturated heterocycles. The van der Waals surface area contributed by atoms with Crippen molar-refractivity contribution in [2.45, 2.75) is 19.5 Å². The van der Waals surface area contributed by atoms with Gasteiger partial charge in [-0.3, -0.25) is 4.21 Å². The number of fused-ring (bicyclic) bond motifs is 1. The first kappa shape index (κ1) is 19.8. The average Bonchev–Trinajstić information content (AvgIpc) is 3.03. The van der Waals surface area contributed by atoms with Gasteiger partial charge in [-0.1, -0.05) is 66.2 Å². The average molecular weight is 425 g/mol. The fourth-order valence-corrected chi connectivity index (χ4v) is 4.17. The molecular formula is C22H19ClN3O2S-. The Hall–Kier alpha value is -2.51. The number of aromatic nitrogens is 2. The van der Waals surface area contributed by atoms with Crippen molar-refractivity contribution >= 4 is 33.9 Å². The lowest BCUT2D eigenvalue weighted by molar-refractivity contribution is 0.515. The van der Waals surface area contributed by atoms with Crippen molar-refractivity contribution in [2.75, 3.05) is 0 Å². The number of hydrogen-bond donors (Lipinski definition) is 1. The lowest BCUT2D eigenvalue weighted by atomic mass is 9.99.